The molecule has 0 fully saturated rings. The average molecular weight is 441 g/mol. The van der Waals surface area contributed by atoms with Crippen LogP contribution in [0.3, 0.4) is 0 Å². The zero-order valence-corrected chi connectivity index (χ0v) is 19.2. The second-order valence-electron chi connectivity index (χ2n) is 8.01. The smallest absolute Gasteiger partial charge is 0.407 e. The van der Waals surface area contributed by atoms with Gasteiger partial charge in [0.2, 0.25) is 0 Å². The van der Waals surface area contributed by atoms with Crippen LogP contribution in [0.1, 0.15) is 49.9 Å². The van der Waals surface area contributed by atoms with E-state index >= 15 is 0 Å². The number of ether oxygens (including phenoxy) is 2. The van der Waals surface area contributed by atoms with E-state index in [0.29, 0.717) is 13.2 Å². The molecule has 1 amide bonds. The monoisotopic (exact) mass is 440 g/mol. The van der Waals surface area contributed by atoms with Crippen molar-refractivity contribution in [2.75, 3.05) is 13.2 Å². The SMILES string of the molecule is Cc1nccc(-c2cccc3c2OCC[C@H]3CNC(=O)OC(C)(C)C)c1C.Cl.Cl. The summed E-state index contributed by atoms with van der Waals surface area (Å²) >= 11 is 0. The van der Waals surface area contributed by atoms with Gasteiger partial charge in [-0.2, -0.15) is 0 Å². The molecule has 1 atom stereocenters. The maximum atomic E-state index is 12.0. The average Bonchev–Trinajstić information content (AvgIpc) is 2.60. The number of benzene rings is 1. The number of aromatic nitrogens is 1. The molecule has 0 bridgehead atoms. The summed E-state index contributed by atoms with van der Waals surface area (Å²) in [5, 5.41) is 2.90. The first-order valence-electron chi connectivity index (χ1n) is 9.41. The Morgan fingerprint density at radius 2 is 1.93 bits per heavy atom. The van der Waals surface area contributed by atoms with Crippen LogP contribution in [-0.4, -0.2) is 29.8 Å². The van der Waals surface area contributed by atoms with Crippen LogP contribution in [0, 0.1) is 13.8 Å². The van der Waals surface area contributed by atoms with E-state index in [1.165, 1.54) is 0 Å². The van der Waals surface area contributed by atoms with Gasteiger partial charge in [0.1, 0.15) is 11.4 Å². The van der Waals surface area contributed by atoms with Crippen LogP contribution in [0.25, 0.3) is 11.1 Å². The highest BCUT2D eigenvalue weighted by Gasteiger charge is 2.26. The third kappa shape index (κ3) is 6.00. The topological polar surface area (TPSA) is 60.5 Å². The van der Waals surface area contributed by atoms with Crippen molar-refractivity contribution in [1.82, 2.24) is 10.3 Å². The molecule has 0 saturated heterocycles. The number of hydrogen-bond acceptors (Lipinski definition) is 4. The molecule has 1 aliphatic rings. The largest absolute Gasteiger partial charge is 0.493 e. The Kier molecular flexibility index (Phi) is 8.79. The summed E-state index contributed by atoms with van der Waals surface area (Å²) in [5.74, 6) is 1.11. The number of fused-ring (bicyclic) bond motifs is 1. The van der Waals surface area contributed by atoms with Crippen molar-refractivity contribution in [3.8, 4) is 16.9 Å². The predicted octanol–water partition coefficient (Wildman–Crippen LogP) is 5.60. The maximum absolute atomic E-state index is 12.0. The normalized spacial score (nSPS) is 15.1. The summed E-state index contributed by atoms with van der Waals surface area (Å²) in [4.78, 5) is 16.4. The molecule has 7 heteroatoms. The number of nitrogens with zero attached hydrogens (tertiary/aromatic N) is 1. The van der Waals surface area contributed by atoms with Crippen LogP contribution >= 0.6 is 24.8 Å². The number of carbonyl (C=O) groups excluding carboxylic acids is 1. The second kappa shape index (κ2) is 10.2. The number of alkyl carbamates (subject to hydrolysis) is 1. The van der Waals surface area contributed by atoms with E-state index in [1.807, 2.05) is 40.0 Å². The van der Waals surface area contributed by atoms with Crippen LogP contribution in [0.2, 0.25) is 0 Å². The Morgan fingerprint density at radius 3 is 2.62 bits per heavy atom. The summed E-state index contributed by atoms with van der Waals surface area (Å²) in [7, 11) is 0. The molecular weight excluding hydrogens is 411 g/mol. The third-order valence-corrected chi connectivity index (χ3v) is 4.84. The Morgan fingerprint density at radius 1 is 1.21 bits per heavy atom. The molecule has 1 aromatic heterocycles. The first-order valence-corrected chi connectivity index (χ1v) is 9.41. The number of rotatable bonds is 3. The van der Waals surface area contributed by atoms with Gasteiger partial charge in [-0.15, -0.1) is 24.8 Å². The van der Waals surface area contributed by atoms with E-state index in [1.54, 1.807) is 0 Å². The number of carbonyl (C=O) groups is 1. The van der Waals surface area contributed by atoms with Crippen LogP contribution in [0.5, 0.6) is 5.75 Å². The van der Waals surface area contributed by atoms with Crippen molar-refractivity contribution in [2.24, 2.45) is 0 Å². The van der Waals surface area contributed by atoms with Gasteiger partial charge >= 0.3 is 6.09 Å². The predicted molar refractivity (Wildman–Crippen MR) is 121 cm³/mol. The second-order valence-corrected chi connectivity index (χ2v) is 8.01. The lowest BCUT2D eigenvalue weighted by atomic mass is 9.88. The van der Waals surface area contributed by atoms with Crippen molar-refractivity contribution in [2.45, 2.75) is 52.6 Å². The highest BCUT2D eigenvalue weighted by Crippen LogP contribution is 2.41. The molecule has 3 rings (SSSR count). The van der Waals surface area contributed by atoms with Gasteiger partial charge < -0.3 is 14.8 Å². The molecule has 160 valence electrons. The van der Waals surface area contributed by atoms with Crippen LogP contribution in [0.4, 0.5) is 4.79 Å². The summed E-state index contributed by atoms with van der Waals surface area (Å²) in [6.07, 6.45) is 2.31. The van der Waals surface area contributed by atoms with Crippen molar-refractivity contribution in [3.63, 3.8) is 0 Å². The summed E-state index contributed by atoms with van der Waals surface area (Å²) in [6.45, 7) is 10.9. The molecule has 2 heterocycles. The van der Waals surface area contributed by atoms with Crippen molar-refractivity contribution < 1.29 is 14.3 Å². The minimum absolute atomic E-state index is 0. The van der Waals surface area contributed by atoms with E-state index in [4.69, 9.17) is 9.47 Å². The van der Waals surface area contributed by atoms with E-state index < -0.39 is 5.60 Å². The van der Waals surface area contributed by atoms with E-state index in [0.717, 1.165) is 40.1 Å². The summed E-state index contributed by atoms with van der Waals surface area (Å²) in [5.41, 5.74) is 5.02. The molecular formula is C22H30Cl2N2O3. The van der Waals surface area contributed by atoms with Crippen LogP contribution < -0.4 is 10.1 Å². The molecule has 0 unspecified atom stereocenters. The zero-order valence-electron chi connectivity index (χ0n) is 17.6. The lowest BCUT2D eigenvalue weighted by molar-refractivity contribution is 0.0521. The van der Waals surface area contributed by atoms with Gasteiger partial charge in [-0.25, -0.2) is 4.79 Å². The maximum Gasteiger partial charge on any atom is 0.407 e. The van der Waals surface area contributed by atoms with Crippen molar-refractivity contribution in [1.29, 1.82) is 0 Å². The van der Waals surface area contributed by atoms with E-state index in [-0.39, 0.29) is 36.8 Å². The zero-order chi connectivity index (χ0) is 19.6. The number of para-hydroxylation sites is 1. The fourth-order valence-electron chi connectivity index (χ4n) is 3.37. The Bertz CT molecular complexity index is 850. The molecule has 1 N–H and O–H groups in total. The fraction of sp³-hybridized carbons (Fsp3) is 0.455. The Hall–Kier alpha value is -1.98. The number of halogens is 2. The molecule has 0 saturated carbocycles. The van der Waals surface area contributed by atoms with Gasteiger partial charge in [0.15, 0.2) is 0 Å². The van der Waals surface area contributed by atoms with Crippen LogP contribution in [-0.2, 0) is 4.74 Å². The van der Waals surface area contributed by atoms with Crippen LogP contribution in [0.15, 0.2) is 30.5 Å². The Labute approximate surface area is 185 Å². The highest BCUT2D eigenvalue weighted by molar-refractivity contribution is 5.85. The number of hydrogen-bond donors (Lipinski definition) is 1. The summed E-state index contributed by atoms with van der Waals surface area (Å²) < 4.78 is 11.4. The number of aryl methyl sites for hydroxylation is 1. The highest BCUT2D eigenvalue weighted by atomic mass is 35.5. The molecule has 2 aromatic rings. The molecule has 29 heavy (non-hydrogen) atoms. The number of nitrogens with one attached hydrogen (secondary N) is 1. The molecule has 5 nitrogen and oxygen atoms in total. The molecule has 1 aromatic carbocycles. The minimum atomic E-state index is -0.498. The Balaban J connectivity index is 0.00000210. The lowest BCUT2D eigenvalue weighted by Gasteiger charge is -2.29. The van der Waals surface area contributed by atoms with Gasteiger partial charge in [-0.05, 0) is 63.8 Å². The van der Waals surface area contributed by atoms with Gasteiger partial charge in [-0.1, -0.05) is 18.2 Å². The number of pyridine rings is 1. The van der Waals surface area contributed by atoms with Gasteiger partial charge in [0.25, 0.3) is 0 Å². The first-order chi connectivity index (χ1) is 12.8. The quantitative estimate of drug-likeness (QED) is 0.674. The molecule has 1 aliphatic heterocycles. The molecule has 0 aliphatic carbocycles. The third-order valence-electron chi connectivity index (χ3n) is 4.84. The minimum Gasteiger partial charge on any atom is -0.493 e. The molecule has 0 radical (unpaired) electrons. The van der Waals surface area contributed by atoms with Crippen molar-refractivity contribution in [3.05, 3.63) is 47.3 Å². The van der Waals surface area contributed by atoms with E-state index in [2.05, 4.69) is 35.4 Å². The van der Waals surface area contributed by atoms with Gasteiger partial charge in [0, 0.05) is 29.9 Å². The standard InChI is InChI=1S/C22H28N2O3.2ClH/c1-14-15(2)23-11-9-17(14)19-8-6-7-18-16(10-12-26-20(18)19)13-24-21(25)27-22(3,4)5;;/h6-9,11,16H,10,12-13H2,1-5H3,(H,24,25);2*1H/t16-;;/m0../s1. The van der Waals surface area contributed by atoms with Gasteiger partial charge in [0.05, 0.1) is 6.61 Å². The lowest BCUT2D eigenvalue weighted by Crippen LogP contribution is -2.35. The molecule has 0 spiro atoms. The first kappa shape index (κ1) is 25.1. The fourth-order valence-corrected chi connectivity index (χ4v) is 3.37. The van der Waals surface area contributed by atoms with E-state index in [9.17, 15) is 4.79 Å². The van der Waals surface area contributed by atoms with Gasteiger partial charge in [-0.3, -0.25) is 4.98 Å². The van der Waals surface area contributed by atoms with Crippen molar-refractivity contribution >= 4 is 30.9 Å². The number of amides is 1. The summed E-state index contributed by atoms with van der Waals surface area (Å²) in [6, 6.07) is 8.26.